The summed E-state index contributed by atoms with van der Waals surface area (Å²) in [6, 6.07) is 13.4. The molecule has 1 atom stereocenters. The zero-order chi connectivity index (χ0) is 14.8. The third-order valence-corrected chi connectivity index (χ3v) is 3.79. The summed E-state index contributed by atoms with van der Waals surface area (Å²) in [6.45, 7) is 0.572. The normalized spacial score (nSPS) is 16.8. The Balaban J connectivity index is 1.89. The number of ether oxygens (including phenoxy) is 1. The van der Waals surface area contributed by atoms with Crippen LogP contribution in [0.4, 0.5) is 4.39 Å². The molecule has 0 fully saturated rings. The third kappa shape index (κ3) is 2.61. The van der Waals surface area contributed by atoms with Crippen molar-refractivity contribution >= 4 is 5.91 Å². The number of nitrogens with zero attached hydrogens (tertiary/aromatic N) is 1. The predicted molar refractivity (Wildman–Crippen MR) is 77.8 cm³/mol. The lowest BCUT2D eigenvalue weighted by Gasteiger charge is -2.33. The second-order valence-corrected chi connectivity index (χ2v) is 5.12. The van der Waals surface area contributed by atoms with Crippen LogP contribution in [0, 0.1) is 5.82 Å². The summed E-state index contributed by atoms with van der Waals surface area (Å²) in [5, 5.41) is 0. The van der Waals surface area contributed by atoms with Crippen molar-refractivity contribution in [3.8, 4) is 5.75 Å². The van der Waals surface area contributed by atoms with E-state index in [1.807, 2.05) is 24.3 Å². The Morgan fingerprint density at radius 1 is 1.24 bits per heavy atom. The molecule has 0 bridgehead atoms. The molecule has 0 saturated heterocycles. The maximum Gasteiger partial charge on any atom is 0.254 e. The highest BCUT2D eigenvalue weighted by molar-refractivity contribution is 5.94. The van der Waals surface area contributed by atoms with Crippen LogP contribution in [0.5, 0.6) is 5.75 Å². The van der Waals surface area contributed by atoms with Crippen molar-refractivity contribution in [2.75, 3.05) is 13.7 Å². The number of carbonyl (C=O) groups is 1. The van der Waals surface area contributed by atoms with Crippen molar-refractivity contribution in [3.05, 3.63) is 65.5 Å². The summed E-state index contributed by atoms with van der Waals surface area (Å²) in [7, 11) is 1.75. The van der Waals surface area contributed by atoms with Gasteiger partial charge in [-0.25, -0.2) is 4.39 Å². The molecule has 0 aliphatic carbocycles. The summed E-state index contributed by atoms with van der Waals surface area (Å²) in [6.07, 6.45) is 0.731. The number of rotatable bonds is 2. The van der Waals surface area contributed by atoms with Crippen LogP contribution in [-0.4, -0.2) is 24.5 Å². The summed E-state index contributed by atoms with van der Waals surface area (Å²) >= 11 is 0. The first-order valence-electron chi connectivity index (χ1n) is 6.91. The molecule has 1 heterocycles. The van der Waals surface area contributed by atoms with Crippen LogP contribution in [0.15, 0.2) is 48.5 Å². The SMILES string of the molecule is CN(C(=O)c1cccc(F)c1)C1CCOc2ccccc21. The van der Waals surface area contributed by atoms with Crippen LogP contribution in [0.3, 0.4) is 0 Å². The number of para-hydroxylation sites is 1. The Morgan fingerprint density at radius 2 is 2.05 bits per heavy atom. The van der Waals surface area contributed by atoms with Gasteiger partial charge in [-0.15, -0.1) is 0 Å². The lowest BCUT2D eigenvalue weighted by atomic mass is 9.98. The number of halogens is 1. The maximum absolute atomic E-state index is 13.3. The number of fused-ring (bicyclic) bond motifs is 1. The molecule has 1 unspecified atom stereocenters. The minimum absolute atomic E-state index is 0.0503. The van der Waals surface area contributed by atoms with Crippen LogP contribution in [0.2, 0.25) is 0 Å². The van der Waals surface area contributed by atoms with Crippen molar-refractivity contribution in [2.24, 2.45) is 0 Å². The van der Waals surface area contributed by atoms with E-state index in [1.165, 1.54) is 12.1 Å². The van der Waals surface area contributed by atoms with Crippen LogP contribution < -0.4 is 4.74 Å². The molecular weight excluding hydrogens is 269 g/mol. The van der Waals surface area contributed by atoms with Gasteiger partial charge in [-0.05, 0) is 24.3 Å². The van der Waals surface area contributed by atoms with E-state index in [9.17, 15) is 9.18 Å². The third-order valence-electron chi connectivity index (χ3n) is 3.79. The number of hydrogen-bond donors (Lipinski definition) is 0. The fourth-order valence-corrected chi connectivity index (χ4v) is 2.69. The molecule has 0 aromatic heterocycles. The predicted octanol–water partition coefficient (Wildman–Crippen LogP) is 3.42. The van der Waals surface area contributed by atoms with Crippen LogP contribution in [0.1, 0.15) is 28.4 Å². The van der Waals surface area contributed by atoms with Gasteiger partial charge in [0.1, 0.15) is 11.6 Å². The molecule has 21 heavy (non-hydrogen) atoms. The highest BCUT2D eigenvalue weighted by Gasteiger charge is 2.28. The molecule has 4 heteroatoms. The van der Waals surface area contributed by atoms with E-state index in [0.29, 0.717) is 12.2 Å². The van der Waals surface area contributed by atoms with Gasteiger partial charge in [0.15, 0.2) is 0 Å². The topological polar surface area (TPSA) is 29.5 Å². The Kier molecular flexibility index (Phi) is 3.60. The molecule has 2 aromatic carbocycles. The van der Waals surface area contributed by atoms with Gasteiger partial charge in [0.05, 0.1) is 12.6 Å². The summed E-state index contributed by atoms with van der Waals surface area (Å²) in [5.41, 5.74) is 1.36. The van der Waals surface area contributed by atoms with Gasteiger partial charge in [0, 0.05) is 24.6 Å². The molecule has 0 spiro atoms. The molecule has 0 radical (unpaired) electrons. The molecule has 1 amide bonds. The number of amides is 1. The Hall–Kier alpha value is -2.36. The minimum Gasteiger partial charge on any atom is -0.493 e. The lowest BCUT2D eigenvalue weighted by molar-refractivity contribution is 0.0686. The first kappa shape index (κ1) is 13.6. The van der Waals surface area contributed by atoms with Gasteiger partial charge in [-0.3, -0.25) is 4.79 Å². The quantitative estimate of drug-likeness (QED) is 0.846. The first-order valence-corrected chi connectivity index (χ1v) is 6.91. The van der Waals surface area contributed by atoms with E-state index in [-0.39, 0.29) is 11.9 Å². The van der Waals surface area contributed by atoms with Gasteiger partial charge in [-0.1, -0.05) is 24.3 Å². The highest BCUT2D eigenvalue weighted by atomic mass is 19.1. The molecule has 1 aliphatic heterocycles. The van der Waals surface area contributed by atoms with Crippen molar-refractivity contribution in [1.82, 2.24) is 4.90 Å². The molecule has 3 nitrogen and oxygen atoms in total. The average Bonchev–Trinajstić information content (AvgIpc) is 2.53. The van der Waals surface area contributed by atoms with Crippen molar-refractivity contribution in [3.63, 3.8) is 0 Å². The standard InChI is InChI=1S/C17H16FNO2/c1-19(17(20)12-5-4-6-13(18)11-12)15-9-10-21-16-8-3-2-7-14(15)16/h2-8,11,15H,9-10H2,1H3. The Labute approximate surface area is 123 Å². The van der Waals surface area contributed by atoms with Crippen LogP contribution in [-0.2, 0) is 0 Å². The zero-order valence-electron chi connectivity index (χ0n) is 11.8. The molecule has 0 saturated carbocycles. The smallest absolute Gasteiger partial charge is 0.254 e. The van der Waals surface area contributed by atoms with Gasteiger partial charge in [0.2, 0.25) is 0 Å². The monoisotopic (exact) mass is 285 g/mol. The van der Waals surface area contributed by atoms with Gasteiger partial charge in [-0.2, -0.15) is 0 Å². The Morgan fingerprint density at radius 3 is 2.86 bits per heavy atom. The molecule has 3 rings (SSSR count). The van der Waals surface area contributed by atoms with E-state index in [2.05, 4.69) is 0 Å². The maximum atomic E-state index is 13.3. The Bertz CT molecular complexity index is 671. The zero-order valence-corrected chi connectivity index (χ0v) is 11.8. The van der Waals surface area contributed by atoms with Crippen molar-refractivity contribution in [2.45, 2.75) is 12.5 Å². The molecule has 2 aromatic rings. The van der Waals surface area contributed by atoms with Crippen LogP contribution >= 0.6 is 0 Å². The summed E-state index contributed by atoms with van der Waals surface area (Å²) in [4.78, 5) is 14.2. The lowest BCUT2D eigenvalue weighted by Crippen LogP contribution is -2.34. The molecular formula is C17H16FNO2. The van der Waals surface area contributed by atoms with E-state index in [0.717, 1.165) is 17.7 Å². The van der Waals surface area contributed by atoms with E-state index in [1.54, 1.807) is 24.1 Å². The summed E-state index contributed by atoms with van der Waals surface area (Å²) < 4.78 is 18.9. The number of benzene rings is 2. The molecule has 0 N–H and O–H groups in total. The first-order chi connectivity index (χ1) is 10.2. The van der Waals surface area contributed by atoms with Crippen molar-refractivity contribution < 1.29 is 13.9 Å². The van der Waals surface area contributed by atoms with Gasteiger partial charge < -0.3 is 9.64 Å². The average molecular weight is 285 g/mol. The summed E-state index contributed by atoms with van der Waals surface area (Å²) in [5.74, 6) is 0.227. The fourth-order valence-electron chi connectivity index (χ4n) is 2.69. The van der Waals surface area contributed by atoms with Crippen LogP contribution in [0.25, 0.3) is 0 Å². The van der Waals surface area contributed by atoms with Crippen molar-refractivity contribution in [1.29, 1.82) is 0 Å². The number of hydrogen-bond acceptors (Lipinski definition) is 2. The highest BCUT2D eigenvalue weighted by Crippen LogP contribution is 2.35. The minimum atomic E-state index is -0.401. The second-order valence-electron chi connectivity index (χ2n) is 5.12. The van der Waals surface area contributed by atoms with E-state index in [4.69, 9.17) is 4.74 Å². The molecule has 1 aliphatic rings. The number of carbonyl (C=O) groups excluding carboxylic acids is 1. The second kappa shape index (κ2) is 5.56. The molecule has 108 valence electrons. The van der Waals surface area contributed by atoms with Gasteiger partial charge in [0.25, 0.3) is 5.91 Å². The van der Waals surface area contributed by atoms with Gasteiger partial charge >= 0.3 is 0 Å². The van der Waals surface area contributed by atoms with E-state index >= 15 is 0 Å². The fraction of sp³-hybridized carbons (Fsp3) is 0.235. The van der Waals surface area contributed by atoms with E-state index < -0.39 is 5.82 Å². The largest absolute Gasteiger partial charge is 0.493 e.